The van der Waals surface area contributed by atoms with Gasteiger partial charge in [0.05, 0.1) is 5.88 Å². The van der Waals surface area contributed by atoms with Gasteiger partial charge in [0, 0.05) is 19.8 Å². The standard InChI is InChI=1S/C7H4BrClF2IN/c8-5-3(1-9)6(7(10)11)13-2-4(5)12/h2,7H,1H2. The first kappa shape index (κ1) is 11.6. The van der Waals surface area contributed by atoms with Crippen LogP contribution in [0.25, 0.3) is 0 Å². The number of pyridine rings is 1. The number of nitrogens with zero attached hydrogens (tertiary/aromatic N) is 1. The minimum Gasteiger partial charge on any atom is -0.254 e. The van der Waals surface area contributed by atoms with Crippen LogP contribution >= 0.6 is 50.1 Å². The summed E-state index contributed by atoms with van der Waals surface area (Å²) in [5.74, 6) is 0.0318. The zero-order valence-corrected chi connectivity index (χ0v) is 10.7. The van der Waals surface area contributed by atoms with Gasteiger partial charge in [0.15, 0.2) is 0 Å². The van der Waals surface area contributed by atoms with Gasteiger partial charge in [-0.15, -0.1) is 11.6 Å². The summed E-state index contributed by atoms with van der Waals surface area (Å²) in [5.41, 5.74) is 0.117. The molecule has 0 saturated heterocycles. The van der Waals surface area contributed by atoms with E-state index in [9.17, 15) is 8.78 Å². The maximum atomic E-state index is 12.4. The molecule has 0 fully saturated rings. The van der Waals surface area contributed by atoms with E-state index in [0.29, 0.717) is 10.0 Å². The van der Waals surface area contributed by atoms with Crippen LogP contribution in [0.1, 0.15) is 17.7 Å². The Hall–Kier alpha value is 0.510. The van der Waals surface area contributed by atoms with Crippen molar-refractivity contribution in [2.75, 3.05) is 0 Å². The van der Waals surface area contributed by atoms with Gasteiger partial charge >= 0.3 is 0 Å². The third-order valence-electron chi connectivity index (χ3n) is 1.44. The lowest BCUT2D eigenvalue weighted by atomic mass is 10.2. The van der Waals surface area contributed by atoms with Crippen LogP contribution in [0, 0.1) is 3.57 Å². The molecule has 1 aromatic rings. The smallest absolute Gasteiger partial charge is 0.254 e. The van der Waals surface area contributed by atoms with Gasteiger partial charge in [-0.05, 0) is 38.5 Å². The Balaban J connectivity index is 3.30. The molecular weight excluding hydrogens is 378 g/mol. The second-order valence-electron chi connectivity index (χ2n) is 2.22. The van der Waals surface area contributed by atoms with Gasteiger partial charge in [-0.1, -0.05) is 0 Å². The van der Waals surface area contributed by atoms with Crippen molar-refractivity contribution in [1.82, 2.24) is 4.98 Å². The molecule has 1 aromatic heterocycles. The number of aromatic nitrogens is 1. The fourth-order valence-corrected chi connectivity index (χ4v) is 2.18. The maximum absolute atomic E-state index is 12.4. The molecule has 0 aromatic carbocycles. The average molecular weight is 382 g/mol. The Bertz CT molecular complexity index is 322. The predicted octanol–water partition coefficient (Wildman–Crippen LogP) is 4.13. The van der Waals surface area contributed by atoms with Crippen LogP contribution in [-0.2, 0) is 5.88 Å². The van der Waals surface area contributed by atoms with Crippen molar-refractivity contribution in [2.45, 2.75) is 12.3 Å². The summed E-state index contributed by atoms with van der Waals surface area (Å²) in [6.07, 6.45) is -1.19. The molecule has 72 valence electrons. The van der Waals surface area contributed by atoms with Crippen LogP contribution < -0.4 is 0 Å². The van der Waals surface area contributed by atoms with Crippen molar-refractivity contribution >= 4 is 50.1 Å². The Labute approximate surface area is 101 Å². The second-order valence-corrected chi connectivity index (χ2v) is 4.44. The van der Waals surface area contributed by atoms with Crippen LogP contribution in [-0.4, -0.2) is 4.98 Å². The quantitative estimate of drug-likeness (QED) is 0.554. The minimum atomic E-state index is -2.58. The highest BCUT2D eigenvalue weighted by molar-refractivity contribution is 14.1. The molecule has 0 aliphatic carbocycles. The molecule has 0 unspecified atom stereocenters. The second kappa shape index (κ2) is 4.84. The summed E-state index contributed by atoms with van der Waals surface area (Å²) in [7, 11) is 0. The molecule has 13 heavy (non-hydrogen) atoms. The predicted molar refractivity (Wildman–Crippen MR) is 59.2 cm³/mol. The first-order valence-corrected chi connectivity index (χ1v) is 5.65. The number of alkyl halides is 3. The zero-order chi connectivity index (χ0) is 10.0. The highest BCUT2D eigenvalue weighted by Gasteiger charge is 2.17. The summed E-state index contributed by atoms with van der Waals surface area (Å²) in [5, 5.41) is 0. The van der Waals surface area contributed by atoms with Crippen molar-refractivity contribution in [3.05, 3.63) is 25.5 Å². The summed E-state index contributed by atoms with van der Waals surface area (Å²) < 4.78 is 26.1. The lowest BCUT2D eigenvalue weighted by Crippen LogP contribution is -1.99. The fourth-order valence-electron chi connectivity index (χ4n) is 0.833. The van der Waals surface area contributed by atoms with E-state index in [1.165, 1.54) is 6.20 Å². The third-order valence-corrected chi connectivity index (χ3v) is 4.17. The van der Waals surface area contributed by atoms with Crippen molar-refractivity contribution in [3.8, 4) is 0 Å². The fraction of sp³-hybridized carbons (Fsp3) is 0.286. The molecule has 0 aliphatic heterocycles. The zero-order valence-electron chi connectivity index (χ0n) is 6.20. The molecule has 0 N–H and O–H groups in total. The van der Waals surface area contributed by atoms with Crippen molar-refractivity contribution in [2.24, 2.45) is 0 Å². The minimum absolute atomic E-state index is 0.0318. The number of hydrogen-bond donors (Lipinski definition) is 0. The highest BCUT2D eigenvalue weighted by Crippen LogP contribution is 2.31. The van der Waals surface area contributed by atoms with E-state index in [-0.39, 0.29) is 11.6 Å². The first-order valence-electron chi connectivity index (χ1n) is 3.24. The topological polar surface area (TPSA) is 12.9 Å². The van der Waals surface area contributed by atoms with Crippen molar-refractivity contribution in [3.63, 3.8) is 0 Å². The Morgan fingerprint density at radius 3 is 2.69 bits per heavy atom. The first-order chi connectivity index (χ1) is 6.07. The molecule has 0 radical (unpaired) electrons. The third kappa shape index (κ3) is 2.50. The molecule has 0 aliphatic rings. The van der Waals surface area contributed by atoms with Crippen LogP contribution in [0.3, 0.4) is 0 Å². The van der Waals surface area contributed by atoms with E-state index in [1.54, 1.807) is 0 Å². The molecule has 1 rings (SSSR count). The Morgan fingerprint density at radius 1 is 1.62 bits per heavy atom. The van der Waals surface area contributed by atoms with Crippen LogP contribution in [0.2, 0.25) is 0 Å². The Kier molecular flexibility index (Phi) is 4.31. The van der Waals surface area contributed by atoms with Crippen LogP contribution in [0.5, 0.6) is 0 Å². The molecule has 0 spiro atoms. The van der Waals surface area contributed by atoms with Crippen LogP contribution in [0.15, 0.2) is 10.7 Å². The monoisotopic (exact) mass is 381 g/mol. The van der Waals surface area contributed by atoms with Gasteiger partial charge in [0.25, 0.3) is 6.43 Å². The summed E-state index contributed by atoms with van der Waals surface area (Å²) in [6, 6.07) is 0. The Morgan fingerprint density at radius 2 is 2.23 bits per heavy atom. The molecule has 0 atom stereocenters. The maximum Gasteiger partial charge on any atom is 0.280 e. The molecular formula is C7H4BrClF2IN. The molecule has 1 heterocycles. The largest absolute Gasteiger partial charge is 0.280 e. The van der Waals surface area contributed by atoms with E-state index in [0.717, 1.165) is 3.57 Å². The molecule has 6 heteroatoms. The van der Waals surface area contributed by atoms with Gasteiger partial charge in [0.2, 0.25) is 0 Å². The SMILES string of the molecule is FC(F)c1ncc(I)c(Br)c1CCl. The normalized spacial score (nSPS) is 10.9. The van der Waals surface area contributed by atoms with Crippen molar-refractivity contribution in [1.29, 1.82) is 0 Å². The molecule has 1 nitrogen and oxygen atoms in total. The molecule has 0 saturated carbocycles. The number of rotatable bonds is 2. The van der Waals surface area contributed by atoms with E-state index in [1.807, 2.05) is 22.6 Å². The number of hydrogen-bond acceptors (Lipinski definition) is 1. The van der Waals surface area contributed by atoms with E-state index >= 15 is 0 Å². The van der Waals surface area contributed by atoms with Gasteiger partial charge in [0.1, 0.15) is 5.69 Å². The summed E-state index contributed by atoms with van der Waals surface area (Å²) in [6.45, 7) is 0. The summed E-state index contributed by atoms with van der Waals surface area (Å²) >= 11 is 10.7. The molecule has 0 bridgehead atoms. The van der Waals surface area contributed by atoms with E-state index < -0.39 is 6.43 Å². The van der Waals surface area contributed by atoms with Gasteiger partial charge in [-0.25, -0.2) is 8.78 Å². The summed E-state index contributed by atoms with van der Waals surface area (Å²) in [4.78, 5) is 3.64. The lowest BCUT2D eigenvalue weighted by molar-refractivity contribution is 0.145. The van der Waals surface area contributed by atoms with Crippen LogP contribution in [0.4, 0.5) is 8.78 Å². The van der Waals surface area contributed by atoms with Gasteiger partial charge in [-0.3, -0.25) is 4.98 Å². The van der Waals surface area contributed by atoms with Crippen molar-refractivity contribution < 1.29 is 8.78 Å². The van der Waals surface area contributed by atoms with E-state index in [4.69, 9.17) is 11.6 Å². The number of halogens is 5. The molecule has 0 amide bonds. The highest BCUT2D eigenvalue weighted by atomic mass is 127. The van der Waals surface area contributed by atoms with Gasteiger partial charge in [-0.2, -0.15) is 0 Å². The average Bonchev–Trinajstić information content (AvgIpc) is 2.09. The lowest BCUT2D eigenvalue weighted by Gasteiger charge is -2.08. The van der Waals surface area contributed by atoms with Gasteiger partial charge < -0.3 is 0 Å². The van der Waals surface area contributed by atoms with E-state index in [2.05, 4.69) is 20.9 Å².